The van der Waals surface area contributed by atoms with Crippen LogP contribution in [0, 0.1) is 11.3 Å². The molecule has 1 aromatic heterocycles. The Kier molecular flexibility index (Phi) is 10.9. The molecule has 11 nitrogen and oxygen atoms in total. The number of carbonyl (C=O) groups excluding carboxylic acids is 2. The average molecular weight is 495 g/mol. The number of aromatic amines is 1. The number of hydrogen-bond donors (Lipinski definition) is 5. The molecule has 0 unspecified atom stereocenters. The van der Waals surface area contributed by atoms with E-state index in [1.807, 2.05) is 20.8 Å². The Bertz CT molecular complexity index is 883. The molecule has 1 aliphatic heterocycles. The van der Waals surface area contributed by atoms with Gasteiger partial charge in [0, 0.05) is 0 Å². The van der Waals surface area contributed by atoms with E-state index in [-0.39, 0.29) is 18.4 Å². The summed E-state index contributed by atoms with van der Waals surface area (Å²) in [5.41, 5.74) is -0.583. The van der Waals surface area contributed by atoms with E-state index >= 15 is 0 Å². The normalized spacial score (nSPS) is 24.4. The van der Waals surface area contributed by atoms with Crippen molar-refractivity contribution in [3.8, 4) is 0 Å². The number of carbonyl (C=O) groups is 2. The number of alkyl carbamates (subject to hydrolysis) is 1. The SMILES string of the molecule is CCCCCOC(=O)N/C(=N/C=N)c1ccc([C@]2(C)O[C@H](CO)[C@@H](OC(=O)C(CC)CC)[C@H]2O)[nH]1. The van der Waals surface area contributed by atoms with Crippen molar-refractivity contribution in [3.63, 3.8) is 0 Å². The number of H-pyrrole nitrogens is 1. The van der Waals surface area contributed by atoms with Gasteiger partial charge in [0.2, 0.25) is 0 Å². The first-order valence-corrected chi connectivity index (χ1v) is 12.1. The van der Waals surface area contributed by atoms with Crippen LogP contribution in [-0.4, -0.2) is 71.0 Å². The summed E-state index contributed by atoms with van der Waals surface area (Å²) < 4.78 is 16.7. The molecule has 0 bridgehead atoms. The highest BCUT2D eigenvalue weighted by Crippen LogP contribution is 2.40. The van der Waals surface area contributed by atoms with Gasteiger partial charge >= 0.3 is 12.1 Å². The van der Waals surface area contributed by atoms with Crippen molar-refractivity contribution in [3.05, 3.63) is 23.5 Å². The second-order valence-corrected chi connectivity index (χ2v) is 8.67. The number of aliphatic imine (C=N–C) groups is 1. The summed E-state index contributed by atoms with van der Waals surface area (Å²) >= 11 is 0. The Labute approximate surface area is 205 Å². The summed E-state index contributed by atoms with van der Waals surface area (Å²) in [6.07, 6.45) is 0.713. The second-order valence-electron chi connectivity index (χ2n) is 8.67. The molecule has 35 heavy (non-hydrogen) atoms. The quantitative estimate of drug-likeness (QED) is 0.129. The number of ether oxygens (including phenoxy) is 3. The molecule has 0 radical (unpaired) electrons. The van der Waals surface area contributed by atoms with Crippen LogP contribution in [0.4, 0.5) is 4.79 Å². The summed E-state index contributed by atoms with van der Waals surface area (Å²) in [6.45, 7) is 7.24. The fraction of sp³-hybridized carbons (Fsp3) is 0.667. The van der Waals surface area contributed by atoms with E-state index in [2.05, 4.69) is 15.3 Å². The lowest BCUT2D eigenvalue weighted by Gasteiger charge is -2.27. The van der Waals surface area contributed by atoms with Gasteiger partial charge in [0.05, 0.1) is 30.5 Å². The number of esters is 1. The van der Waals surface area contributed by atoms with E-state index < -0.39 is 42.6 Å². The van der Waals surface area contributed by atoms with Gasteiger partial charge in [-0.3, -0.25) is 15.5 Å². The number of amidine groups is 1. The maximum absolute atomic E-state index is 12.5. The highest BCUT2D eigenvalue weighted by molar-refractivity contribution is 6.07. The minimum Gasteiger partial charge on any atom is -0.456 e. The van der Waals surface area contributed by atoms with E-state index in [9.17, 15) is 19.8 Å². The largest absolute Gasteiger partial charge is 0.456 e. The Morgan fingerprint density at radius 1 is 1.31 bits per heavy atom. The molecule has 5 N–H and O–H groups in total. The minimum atomic E-state index is -1.35. The van der Waals surface area contributed by atoms with Crippen LogP contribution in [0.5, 0.6) is 0 Å². The number of nitrogens with one attached hydrogen (secondary N) is 3. The zero-order chi connectivity index (χ0) is 26.0. The zero-order valence-electron chi connectivity index (χ0n) is 20.9. The van der Waals surface area contributed by atoms with E-state index in [1.54, 1.807) is 19.1 Å². The summed E-state index contributed by atoms with van der Waals surface area (Å²) in [7, 11) is 0. The minimum absolute atomic E-state index is 0.0539. The van der Waals surface area contributed by atoms with Crippen molar-refractivity contribution in [2.24, 2.45) is 10.9 Å². The molecular formula is C24H38N4O7. The number of aliphatic hydroxyl groups excluding tert-OH is 2. The number of nitrogens with zero attached hydrogens (tertiary/aromatic N) is 1. The zero-order valence-corrected chi connectivity index (χ0v) is 20.9. The first-order chi connectivity index (χ1) is 16.7. The summed E-state index contributed by atoms with van der Waals surface area (Å²) in [6, 6.07) is 3.24. The summed E-state index contributed by atoms with van der Waals surface area (Å²) in [5, 5.41) is 30.7. The van der Waals surface area contributed by atoms with Crippen molar-refractivity contribution in [1.29, 1.82) is 5.41 Å². The lowest BCUT2D eigenvalue weighted by Crippen LogP contribution is -2.42. The lowest BCUT2D eigenvalue weighted by molar-refractivity contribution is -0.161. The van der Waals surface area contributed by atoms with Crippen LogP contribution in [-0.2, 0) is 24.6 Å². The Morgan fingerprint density at radius 2 is 2.03 bits per heavy atom. The first-order valence-electron chi connectivity index (χ1n) is 12.1. The Balaban J connectivity index is 2.19. The van der Waals surface area contributed by atoms with Crippen molar-refractivity contribution < 1.29 is 34.0 Å². The van der Waals surface area contributed by atoms with E-state index in [4.69, 9.17) is 19.6 Å². The maximum Gasteiger partial charge on any atom is 0.412 e. The molecule has 1 saturated heterocycles. The third-order valence-electron chi connectivity index (χ3n) is 6.26. The van der Waals surface area contributed by atoms with Crippen molar-refractivity contribution in [2.45, 2.75) is 83.7 Å². The molecule has 1 aliphatic rings. The number of unbranched alkanes of at least 4 members (excludes halogenated alkanes) is 2. The molecule has 1 amide bonds. The molecule has 1 aromatic rings. The van der Waals surface area contributed by atoms with Gasteiger partial charge in [-0.15, -0.1) is 0 Å². The molecule has 4 atom stereocenters. The summed E-state index contributed by atoms with van der Waals surface area (Å²) in [5.74, 6) is -0.698. The van der Waals surface area contributed by atoms with Crippen LogP contribution < -0.4 is 5.32 Å². The van der Waals surface area contributed by atoms with Gasteiger partial charge in [-0.25, -0.2) is 9.79 Å². The van der Waals surface area contributed by atoms with E-state index in [1.165, 1.54) is 0 Å². The van der Waals surface area contributed by atoms with E-state index in [0.717, 1.165) is 25.6 Å². The Morgan fingerprint density at radius 3 is 2.63 bits per heavy atom. The van der Waals surface area contributed by atoms with Crippen LogP contribution in [0.2, 0.25) is 0 Å². The number of rotatable bonds is 12. The number of aromatic nitrogens is 1. The molecule has 0 spiro atoms. The van der Waals surface area contributed by atoms with Gasteiger partial charge in [-0.1, -0.05) is 33.6 Å². The first kappa shape index (κ1) is 28.5. The fourth-order valence-corrected chi connectivity index (χ4v) is 4.03. The van der Waals surface area contributed by atoms with Gasteiger partial charge in [0.25, 0.3) is 0 Å². The molecule has 196 valence electrons. The van der Waals surface area contributed by atoms with Gasteiger partial charge in [0.15, 0.2) is 11.9 Å². The van der Waals surface area contributed by atoms with Gasteiger partial charge in [-0.2, -0.15) is 0 Å². The smallest absolute Gasteiger partial charge is 0.412 e. The third kappa shape index (κ3) is 6.89. The average Bonchev–Trinajstić information content (AvgIpc) is 3.43. The number of amides is 1. The molecule has 2 rings (SSSR count). The van der Waals surface area contributed by atoms with Crippen LogP contribution in [0.25, 0.3) is 0 Å². The van der Waals surface area contributed by atoms with Crippen LogP contribution in [0.15, 0.2) is 17.1 Å². The maximum atomic E-state index is 12.5. The Hall–Kier alpha value is -2.76. The predicted molar refractivity (Wildman–Crippen MR) is 129 cm³/mol. The van der Waals surface area contributed by atoms with Crippen molar-refractivity contribution in [1.82, 2.24) is 10.3 Å². The van der Waals surface area contributed by atoms with Gasteiger partial charge in [0.1, 0.15) is 24.1 Å². The molecule has 1 fully saturated rings. The molecule has 11 heteroatoms. The molecule has 0 aromatic carbocycles. The molecular weight excluding hydrogens is 456 g/mol. The molecule has 0 saturated carbocycles. The topological polar surface area (TPSA) is 166 Å². The standard InChI is InChI=1S/C24H38N4O7/c1-5-8-9-12-33-23(32)28-21(26-14-25)16-10-11-18(27-16)24(4)20(30)19(17(13-29)35-24)34-22(31)15(6-2)7-3/h10-11,14-15,17,19-20,27,29-30H,5-9,12-13H2,1-4H3,(H2,25,26,28,32)/t17-,19-,20-,24+/m1/s1. The second kappa shape index (κ2) is 13.4. The van der Waals surface area contributed by atoms with Crippen molar-refractivity contribution >= 4 is 24.2 Å². The van der Waals surface area contributed by atoms with Crippen molar-refractivity contribution in [2.75, 3.05) is 13.2 Å². The highest BCUT2D eigenvalue weighted by atomic mass is 16.6. The molecule has 0 aliphatic carbocycles. The van der Waals surface area contributed by atoms with Gasteiger partial charge < -0.3 is 29.4 Å². The fourth-order valence-electron chi connectivity index (χ4n) is 4.03. The number of aliphatic hydroxyl groups is 2. The van der Waals surface area contributed by atoms with Crippen LogP contribution in [0.3, 0.4) is 0 Å². The predicted octanol–water partition coefficient (Wildman–Crippen LogP) is 2.60. The molecule has 2 heterocycles. The number of hydrogen-bond acceptors (Lipinski definition) is 8. The summed E-state index contributed by atoms with van der Waals surface area (Å²) in [4.78, 5) is 31.6. The van der Waals surface area contributed by atoms with E-state index in [0.29, 0.717) is 24.2 Å². The monoisotopic (exact) mass is 494 g/mol. The lowest BCUT2D eigenvalue weighted by atomic mass is 9.93. The van der Waals surface area contributed by atoms with Crippen LogP contribution >= 0.6 is 0 Å². The highest BCUT2D eigenvalue weighted by Gasteiger charge is 2.55. The van der Waals surface area contributed by atoms with Gasteiger partial charge in [-0.05, 0) is 38.3 Å². The third-order valence-corrected chi connectivity index (χ3v) is 6.26. The van der Waals surface area contributed by atoms with Crippen LogP contribution in [0.1, 0.15) is 71.2 Å².